The zero-order valence-corrected chi connectivity index (χ0v) is 18.1. The summed E-state index contributed by atoms with van der Waals surface area (Å²) >= 11 is 0. The summed E-state index contributed by atoms with van der Waals surface area (Å²) in [4.78, 5) is 19.5. The number of aromatic nitrogens is 2. The molecule has 0 bridgehead atoms. The number of carbonyl (C=O) groups is 1. The van der Waals surface area contributed by atoms with Crippen molar-refractivity contribution in [3.8, 4) is 34.5 Å². The first-order valence-electron chi connectivity index (χ1n) is 10.7. The van der Waals surface area contributed by atoms with E-state index in [9.17, 15) is 4.79 Å². The predicted molar refractivity (Wildman–Crippen MR) is 124 cm³/mol. The molecule has 1 aromatic heterocycles. The topological polar surface area (TPSA) is 61.3 Å². The summed E-state index contributed by atoms with van der Waals surface area (Å²) in [6.07, 6.45) is 8.25. The van der Waals surface area contributed by atoms with Crippen LogP contribution in [0.4, 0.5) is 0 Å². The van der Waals surface area contributed by atoms with Crippen LogP contribution in [0.5, 0.6) is 11.5 Å². The van der Waals surface area contributed by atoms with Gasteiger partial charge in [0.1, 0.15) is 5.75 Å². The molecule has 0 atom stereocenters. The summed E-state index contributed by atoms with van der Waals surface area (Å²) in [5.41, 5.74) is 5.94. The van der Waals surface area contributed by atoms with Gasteiger partial charge < -0.3 is 9.47 Å². The molecule has 2 aromatic carbocycles. The number of benzene rings is 2. The summed E-state index contributed by atoms with van der Waals surface area (Å²) in [5.74, 6) is 7.07. The third-order valence-electron chi connectivity index (χ3n) is 5.20. The number of carbonyl (C=O) groups excluding carboxylic acids is 1. The van der Waals surface area contributed by atoms with Crippen LogP contribution < -0.4 is 9.47 Å². The monoisotopic (exact) mass is 424 g/mol. The molecule has 0 unspecified atom stereocenters. The third kappa shape index (κ3) is 5.04. The molecule has 0 aliphatic heterocycles. The van der Waals surface area contributed by atoms with Gasteiger partial charge in [0, 0.05) is 11.6 Å². The van der Waals surface area contributed by atoms with E-state index in [0.717, 1.165) is 36.8 Å². The third-order valence-corrected chi connectivity index (χ3v) is 5.20. The molecule has 1 aliphatic carbocycles. The highest BCUT2D eigenvalue weighted by Crippen LogP contribution is 2.38. The SMILES string of the molecule is C=CC(=O)Oc1cnc(C#Cc2ccc3c(c2)Cc2cc(OCCCCC)ccc2-3)nc1. The maximum Gasteiger partial charge on any atom is 0.335 e. The van der Waals surface area contributed by atoms with E-state index in [1.807, 2.05) is 6.07 Å². The average Bonchev–Trinajstić information content (AvgIpc) is 3.18. The molecule has 5 nitrogen and oxygen atoms in total. The van der Waals surface area contributed by atoms with Crippen LogP contribution in [0.2, 0.25) is 0 Å². The molecule has 4 rings (SSSR count). The Labute approximate surface area is 188 Å². The Morgan fingerprint density at radius 3 is 2.53 bits per heavy atom. The van der Waals surface area contributed by atoms with Gasteiger partial charge in [0.25, 0.3) is 0 Å². The first kappa shape index (κ1) is 21.3. The summed E-state index contributed by atoms with van der Waals surface area (Å²) in [6, 6.07) is 12.6. The largest absolute Gasteiger partial charge is 0.494 e. The highest BCUT2D eigenvalue weighted by molar-refractivity contribution is 5.83. The minimum Gasteiger partial charge on any atom is -0.494 e. The molecule has 0 amide bonds. The van der Waals surface area contributed by atoms with Gasteiger partial charge in [-0.25, -0.2) is 14.8 Å². The van der Waals surface area contributed by atoms with Gasteiger partial charge in [0.2, 0.25) is 5.82 Å². The highest BCUT2D eigenvalue weighted by atomic mass is 16.5. The number of rotatable bonds is 7. The van der Waals surface area contributed by atoms with Crippen molar-refractivity contribution in [3.63, 3.8) is 0 Å². The fourth-order valence-corrected chi connectivity index (χ4v) is 3.62. The van der Waals surface area contributed by atoms with E-state index in [4.69, 9.17) is 9.47 Å². The molecule has 160 valence electrons. The van der Waals surface area contributed by atoms with E-state index in [0.29, 0.717) is 5.82 Å². The Morgan fingerprint density at radius 1 is 1.03 bits per heavy atom. The van der Waals surface area contributed by atoms with E-state index in [1.54, 1.807) is 0 Å². The zero-order valence-electron chi connectivity index (χ0n) is 18.1. The molecule has 3 aromatic rings. The molecule has 0 saturated carbocycles. The van der Waals surface area contributed by atoms with Gasteiger partial charge in [0.05, 0.1) is 19.0 Å². The van der Waals surface area contributed by atoms with Gasteiger partial charge in [-0.3, -0.25) is 0 Å². The molecule has 0 N–H and O–H groups in total. The standard InChI is InChI=1S/C27H24N2O3/c1-3-5-6-13-31-22-9-11-25-21(16-22)15-20-14-19(7-10-24(20)25)8-12-26-28-17-23(18-29-26)32-27(30)4-2/h4,7,9-11,14,16-18H,2-3,5-6,13,15H2,1H3. The average molecular weight is 425 g/mol. The van der Waals surface area contributed by atoms with E-state index >= 15 is 0 Å². The van der Waals surface area contributed by atoms with E-state index < -0.39 is 5.97 Å². The van der Waals surface area contributed by atoms with Crippen LogP contribution >= 0.6 is 0 Å². The van der Waals surface area contributed by atoms with Gasteiger partial charge >= 0.3 is 5.97 Å². The van der Waals surface area contributed by atoms with E-state index in [-0.39, 0.29) is 5.75 Å². The number of ether oxygens (including phenoxy) is 2. The number of esters is 1. The van der Waals surface area contributed by atoms with E-state index in [2.05, 4.69) is 65.6 Å². The lowest BCUT2D eigenvalue weighted by molar-refractivity contribution is -0.129. The molecule has 0 radical (unpaired) electrons. The highest BCUT2D eigenvalue weighted by Gasteiger charge is 2.19. The lowest BCUT2D eigenvalue weighted by Gasteiger charge is -2.08. The Hall–Kier alpha value is -3.91. The summed E-state index contributed by atoms with van der Waals surface area (Å²) in [6.45, 7) is 6.31. The first-order chi connectivity index (χ1) is 15.7. The van der Waals surface area contributed by atoms with Gasteiger partial charge in [-0.2, -0.15) is 0 Å². The molecular formula is C27H24N2O3. The normalized spacial score (nSPS) is 11.0. The molecule has 1 heterocycles. The number of hydrogen-bond acceptors (Lipinski definition) is 5. The van der Waals surface area contributed by atoms with Crippen LogP contribution in [0.15, 0.2) is 61.4 Å². The fraction of sp³-hybridized carbons (Fsp3) is 0.222. The second-order valence-electron chi connectivity index (χ2n) is 7.54. The number of nitrogens with zero attached hydrogens (tertiary/aromatic N) is 2. The van der Waals surface area contributed by atoms with Crippen molar-refractivity contribution in [1.29, 1.82) is 0 Å². The first-order valence-corrected chi connectivity index (χ1v) is 10.7. The van der Waals surface area contributed by atoms with Crippen LogP contribution in [-0.2, 0) is 11.2 Å². The lowest BCUT2D eigenvalue weighted by atomic mass is 10.0. The van der Waals surface area contributed by atoms with Crippen LogP contribution in [0.1, 0.15) is 48.7 Å². The molecule has 0 saturated heterocycles. The van der Waals surface area contributed by atoms with Crippen LogP contribution in [-0.4, -0.2) is 22.5 Å². The molecule has 32 heavy (non-hydrogen) atoms. The van der Waals surface area contributed by atoms with Gasteiger partial charge in [0.15, 0.2) is 5.75 Å². The van der Waals surface area contributed by atoms with E-state index in [1.165, 1.54) is 47.5 Å². The Morgan fingerprint density at radius 2 is 1.78 bits per heavy atom. The lowest BCUT2D eigenvalue weighted by Crippen LogP contribution is -2.04. The second kappa shape index (κ2) is 9.93. The van der Waals surface area contributed by atoms with Crippen LogP contribution in [0.3, 0.4) is 0 Å². The predicted octanol–water partition coefficient (Wildman–Crippen LogP) is 5.11. The zero-order chi connectivity index (χ0) is 22.3. The van der Waals surface area contributed by atoms with Crippen molar-refractivity contribution in [2.75, 3.05) is 6.61 Å². The van der Waals surface area contributed by atoms with Gasteiger partial charge in [-0.05, 0) is 65.3 Å². The second-order valence-corrected chi connectivity index (χ2v) is 7.54. The Balaban J connectivity index is 1.44. The minimum atomic E-state index is -0.554. The van der Waals surface area contributed by atoms with Crippen molar-refractivity contribution >= 4 is 5.97 Å². The molecule has 1 aliphatic rings. The molecule has 5 heteroatoms. The molecule has 0 spiro atoms. The van der Waals surface area contributed by atoms with Gasteiger partial charge in [-0.1, -0.05) is 44.4 Å². The van der Waals surface area contributed by atoms with Crippen LogP contribution in [0, 0.1) is 11.8 Å². The van der Waals surface area contributed by atoms with Gasteiger partial charge in [-0.15, -0.1) is 0 Å². The molecular weight excluding hydrogens is 400 g/mol. The van der Waals surface area contributed by atoms with Crippen molar-refractivity contribution in [2.45, 2.75) is 32.6 Å². The minimum absolute atomic E-state index is 0.254. The molecule has 0 fully saturated rings. The maximum absolute atomic E-state index is 11.2. The summed E-state index contributed by atoms with van der Waals surface area (Å²) < 4.78 is 10.9. The smallest absolute Gasteiger partial charge is 0.335 e. The van der Waals surface area contributed by atoms with Crippen molar-refractivity contribution in [1.82, 2.24) is 9.97 Å². The number of hydrogen-bond donors (Lipinski definition) is 0. The fourth-order valence-electron chi connectivity index (χ4n) is 3.62. The van der Waals surface area contributed by atoms with Crippen molar-refractivity contribution in [2.24, 2.45) is 0 Å². The Bertz CT molecular complexity index is 1200. The Kier molecular flexibility index (Phi) is 6.62. The van der Waals surface area contributed by atoms with Crippen molar-refractivity contribution in [3.05, 3.63) is 84.0 Å². The quantitative estimate of drug-likeness (QED) is 0.179. The number of fused-ring (bicyclic) bond motifs is 3. The van der Waals surface area contributed by atoms with Crippen molar-refractivity contribution < 1.29 is 14.3 Å². The maximum atomic E-state index is 11.2. The van der Waals surface area contributed by atoms with Crippen LogP contribution in [0.25, 0.3) is 11.1 Å². The number of unbranched alkanes of at least 4 members (excludes halogenated alkanes) is 2. The summed E-state index contributed by atoms with van der Waals surface area (Å²) in [5, 5.41) is 0. The summed E-state index contributed by atoms with van der Waals surface area (Å²) in [7, 11) is 0.